The lowest BCUT2D eigenvalue weighted by molar-refractivity contribution is -0.139. The number of hydrogen-bond acceptors (Lipinski definition) is 3. The van der Waals surface area contributed by atoms with Crippen LogP contribution in [0.5, 0.6) is 0 Å². The molecule has 0 aliphatic carbocycles. The molecule has 0 aromatic heterocycles. The summed E-state index contributed by atoms with van der Waals surface area (Å²) in [6.07, 6.45) is 0.529. The van der Waals surface area contributed by atoms with Crippen LogP contribution in [0.2, 0.25) is 0 Å². The van der Waals surface area contributed by atoms with Crippen LogP contribution in [0.15, 0.2) is 24.3 Å². The third-order valence-electron chi connectivity index (χ3n) is 3.41. The molecule has 0 bridgehead atoms. The molecule has 1 aliphatic rings. The Morgan fingerprint density at radius 2 is 1.95 bits per heavy atom. The lowest BCUT2D eigenvalue weighted by Crippen LogP contribution is -2.37. The molecule has 1 saturated heterocycles. The van der Waals surface area contributed by atoms with Gasteiger partial charge in [-0.05, 0) is 30.7 Å². The van der Waals surface area contributed by atoms with E-state index in [1.165, 1.54) is 12.1 Å². The van der Waals surface area contributed by atoms with Gasteiger partial charge < -0.3 is 9.84 Å². The second-order valence-electron chi connectivity index (χ2n) is 4.69. The molecule has 2 rings (SSSR count). The lowest BCUT2D eigenvalue weighted by Gasteiger charge is -2.27. The number of ether oxygens (including phenoxy) is 1. The number of nitrogens with zero attached hydrogens (tertiary/aromatic N) is 1. The summed E-state index contributed by atoms with van der Waals surface area (Å²) in [6.45, 7) is 3.81. The predicted molar refractivity (Wildman–Crippen MR) is 68.7 cm³/mol. The molecule has 5 heteroatoms. The van der Waals surface area contributed by atoms with Gasteiger partial charge in [-0.15, -0.1) is 0 Å². The molecule has 0 spiro atoms. The van der Waals surface area contributed by atoms with Gasteiger partial charge >= 0.3 is 5.97 Å². The first kappa shape index (κ1) is 14.0. The van der Waals surface area contributed by atoms with Gasteiger partial charge in [-0.2, -0.15) is 0 Å². The molecular weight excluding hydrogens is 249 g/mol. The van der Waals surface area contributed by atoms with E-state index in [2.05, 4.69) is 4.90 Å². The number of rotatable bonds is 5. The number of aliphatic carboxylic acids is 1. The third-order valence-corrected chi connectivity index (χ3v) is 3.41. The van der Waals surface area contributed by atoms with Gasteiger partial charge in [0.2, 0.25) is 0 Å². The van der Waals surface area contributed by atoms with Crippen LogP contribution in [-0.2, 0) is 9.53 Å². The van der Waals surface area contributed by atoms with Gasteiger partial charge in [0.15, 0.2) is 0 Å². The molecule has 1 aromatic rings. The quantitative estimate of drug-likeness (QED) is 0.882. The maximum absolute atomic E-state index is 12.9. The topological polar surface area (TPSA) is 49.8 Å². The Morgan fingerprint density at radius 3 is 2.53 bits per heavy atom. The Labute approximate surface area is 111 Å². The molecule has 4 nitrogen and oxygen atoms in total. The summed E-state index contributed by atoms with van der Waals surface area (Å²) >= 11 is 0. The standard InChI is InChI=1S/C14H18FNO3/c15-12-3-1-11(2-4-12)13(14(17)18)5-6-16-7-9-19-10-8-16/h1-4,13H,5-10H2,(H,17,18). The maximum atomic E-state index is 12.9. The van der Waals surface area contributed by atoms with Crippen molar-refractivity contribution in [3.05, 3.63) is 35.6 Å². The second kappa shape index (κ2) is 6.63. The van der Waals surface area contributed by atoms with Crippen LogP contribution in [-0.4, -0.2) is 48.8 Å². The second-order valence-corrected chi connectivity index (χ2v) is 4.69. The minimum Gasteiger partial charge on any atom is -0.481 e. The van der Waals surface area contributed by atoms with E-state index in [0.29, 0.717) is 25.2 Å². The van der Waals surface area contributed by atoms with Gasteiger partial charge in [-0.3, -0.25) is 9.69 Å². The number of morpholine rings is 1. The SMILES string of the molecule is O=C(O)C(CCN1CCOCC1)c1ccc(F)cc1. The van der Waals surface area contributed by atoms with Gasteiger partial charge in [0.05, 0.1) is 19.1 Å². The Bertz CT molecular complexity index is 415. The number of hydrogen-bond donors (Lipinski definition) is 1. The smallest absolute Gasteiger partial charge is 0.311 e. The predicted octanol–water partition coefficient (Wildman–Crippen LogP) is 1.72. The normalized spacial score (nSPS) is 18.2. The molecule has 19 heavy (non-hydrogen) atoms. The van der Waals surface area contributed by atoms with Crippen molar-refractivity contribution in [2.45, 2.75) is 12.3 Å². The fraction of sp³-hybridized carbons (Fsp3) is 0.500. The van der Waals surface area contributed by atoms with Gasteiger partial charge in [0, 0.05) is 13.1 Å². The molecule has 1 unspecified atom stereocenters. The summed E-state index contributed by atoms with van der Waals surface area (Å²) in [5.41, 5.74) is 0.655. The van der Waals surface area contributed by atoms with Gasteiger partial charge in [0.25, 0.3) is 0 Å². The molecular formula is C14H18FNO3. The summed E-state index contributed by atoms with van der Waals surface area (Å²) in [5.74, 6) is -1.79. The van der Waals surface area contributed by atoms with E-state index in [4.69, 9.17) is 4.74 Å². The van der Waals surface area contributed by atoms with E-state index in [-0.39, 0.29) is 5.82 Å². The Hall–Kier alpha value is -1.46. The summed E-state index contributed by atoms with van der Waals surface area (Å²) < 4.78 is 18.1. The van der Waals surface area contributed by atoms with E-state index < -0.39 is 11.9 Å². The molecule has 0 radical (unpaired) electrons. The Balaban J connectivity index is 1.96. The van der Waals surface area contributed by atoms with Gasteiger partial charge in [-0.1, -0.05) is 12.1 Å². The van der Waals surface area contributed by atoms with Gasteiger partial charge in [-0.25, -0.2) is 4.39 Å². The zero-order valence-electron chi connectivity index (χ0n) is 10.7. The average Bonchev–Trinajstić information content (AvgIpc) is 2.42. The van der Waals surface area contributed by atoms with Crippen molar-refractivity contribution < 1.29 is 19.0 Å². The monoisotopic (exact) mass is 267 g/mol. The minimum atomic E-state index is -0.861. The largest absolute Gasteiger partial charge is 0.481 e. The highest BCUT2D eigenvalue weighted by molar-refractivity contribution is 5.76. The fourth-order valence-corrected chi connectivity index (χ4v) is 2.26. The summed E-state index contributed by atoms with van der Waals surface area (Å²) in [4.78, 5) is 13.5. The van der Waals surface area contributed by atoms with Crippen LogP contribution in [0.3, 0.4) is 0 Å². The number of halogens is 1. The first-order valence-electron chi connectivity index (χ1n) is 6.45. The molecule has 1 atom stereocenters. The first-order chi connectivity index (χ1) is 9.16. The molecule has 1 fully saturated rings. The van der Waals surface area contributed by atoms with Crippen LogP contribution in [0.1, 0.15) is 17.9 Å². The van der Waals surface area contributed by atoms with Crippen LogP contribution in [0, 0.1) is 5.82 Å². The molecule has 1 N–H and O–H groups in total. The zero-order valence-corrected chi connectivity index (χ0v) is 10.7. The maximum Gasteiger partial charge on any atom is 0.311 e. The van der Waals surface area contributed by atoms with E-state index >= 15 is 0 Å². The fourth-order valence-electron chi connectivity index (χ4n) is 2.26. The van der Waals surface area contributed by atoms with E-state index in [1.54, 1.807) is 12.1 Å². The lowest BCUT2D eigenvalue weighted by atomic mass is 9.95. The average molecular weight is 267 g/mol. The van der Waals surface area contributed by atoms with Crippen LogP contribution in [0.4, 0.5) is 4.39 Å². The number of carbonyl (C=O) groups is 1. The number of carboxylic acid groups (broad SMARTS) is 1. The highest BCUT2D eigenvalue weighted by Gasteiger charge is 2.21. The van der Waals surface area contributed by atoms with Crippen LogP contribution < -0.4 is 0 Å². The Morgan fingerprint density at radius 1 is 1.32 bits per heavy atom. The van der Waals surface area contributed by atoms with E-state index in [9.17, 15) is 14.3 Å². The molecule has 0 amide bonds. The summed E-state index contributed by atoms with van der Waals surface area (Å²) in [6, 6.07) is 5.71. The van der Waals surface area contributed by atoms with Crippen molar-refractivity contribution in [2.24, 2.45) is 0 Å². The van der Waals surface area contributed by atoms with Gasteiger partial charge in [0.1, 0.15) is 5.82 Å². The highest BCUT2D eigenvalue weighted by atomic mass is 19.1. The molecule has 1 aliphatic heterocycles. The van der Waals surface area contributed by atoms with Crippen molar-refractivity contribution in [1.82, 2.24) is 4.90 Å². The molecule has 104 valence electrons. The van der Waals surface area contributed by atoms with E-state index in [1.807, 2.05) is 0 Å². The third kappa shape index (κ3) is 4.01. The molecule has 1 heterocycles. The first-order valence-corrected chi connectivity index (χ1v) is 6.45. The number of benzene rings is 1. The van der Waals surface area contributed by atoms with Crippen LogP contribution in [0.25, 0.3) is 0 Å². The summed E-state index contributed by atoms with van der Waals surface area (Å²) in [7, 11) is 0. The summed E-state index contributed by atoms with van der Waals surface area (Å²) in [5, 5.41) is 9.29. The minimum absolute atomic E-state index is 0.346. The highest BCUT2D eigenvalue weighted by Crippen LogP contribution is 2.21. The molecule has 0 saturated carbocycles. The van der Waals surface area contributed by atoms with Crippen molar-refractivity contribution in [2.75, 3.05) is 32.8 Å². The number of carboxylic acids is 1. The van der Waals surface area contributed by atoms with Crippen molar-refractivity contribution in [1.29, 1.82) is 0 Å². The Kier molecular flexibility index (Phi) is 4.87. The van der Waals surface area contributed by atoms with E-state index in [0.717, 1.165) is 19.6 Å². The zero-order chi connectivity index (χ0) is 13.7. The van der Waals surface area contributed by atoms with Crippen molar-refractivity contribution in [3.63, 3.8) is 0 Å². The molecule has 1 aromatic carbocycles. The van der Waals surface area contributed by atoms with Crippen LogP contribution >= 0.6 is 0 Å². The van der Waals surface area contributed by atoms with Crippen molar-refractivity contribution >= 4 is 5.97 Å². The van der Waals surface area contributed by atoms with Crippen molar-refractivity contribution in [3.8, 4) is 0 Å².